The zero-order valence-electron chi connectivity index (χ0n) is 8.98. The van der Waals surface area contributed by atoms with Crippen molar-refractivity contribution >= 4 is 0 Å². The van der Waals surface area contributed by atoms with Gasteiger partial charge in [-0.25, -0.2) is 0 Å². The molecule has 0 spiro atoms. The van der Waals surface area contributed by atoms with E-state index in [1.54, 1.807) is 6.20 Å². The second-order valence-electron chi connectivity index (χ2n) is 4.06. The Hall–Kier alpha value is -1.09. The highest BCUT2D eigenvalue weighted by Gasteiger charge is 2.14. The van der Waals surface area contributed by atoms with Crippen LogP contribution in [0.15, 0.2) is 18.3 Å². The van der Waals surface area contributed by atoms with E-state index in [4.69, 9.17) is 10.5 Å². The molecule has 0 bridgehead atoms. The minimum atomic E-state index is 0.395. The Kier molecular flexibility index (Phi) is 3.56. The van der Waals surface area contributed by atoms with Gasteiger partial charge in [0.25, 0.3) is 0 Å². The molecule has 1 saturated carbocycles. The van der Waals surface area contributed by atoms with E-state index in [0.717, 1.165) is 11.4 Å². The highest BCUT2D eigenvalue weighted by Crippen LogP contribution is 2.23. The molecule has 1 aliphatic carbocycles. The first-order valence-corrected chi connectivity index (χ1v) is 5.70. The normalized spacial score (nSPS) is 17.7. The number of hydrogen-bond donors (Lipinski definition) is 1. The van der Waals surface area contributed by atoms with Crippen LogP contribution in [0.5, 0.6) is 5.75 Å². The van der Waals surface area contributed by atoms with E-state index in [0.29, 0.717) is 12.6 Å². The summed E-state index contributed by atoms with van der Waals surface area (Å²) < 4.78 is 5.90. The molecular weight excluding hydrogens is 188 g/mol. The van der Waals surface area contributed by atoms with Crippen molar-refractivity contribution in [3.05, 3.63) is 24.0 Å². The van der Waals surface area contributed by atoms with Crippen LogP contribution in [0.3, 0.4) is 0 Å². The summed E-state index contributed by atoms with van der Waals surface area (Å²) in [5.41, 5.74) is 6.43. The summed E-state index contributed by atoms with van der Waals surface area (Å²) >= 11 is 0. The van der Waals surface area contributed by atoms with Crippen LogP contribution in [0.1, 0.15) is 37.8 Å². The van der Waals surface area contributed by atoms with Gasteiger partial charge in [0.1, 0.15) is 5.75 Å². The number of nitrogens with zero attached hydrogens (tertiary/aromatic N) is 1. The summed E-state index contributed by atoms with van der Waals surface area (Å²) in [4.78, 5) is 4.15. The van der Waals surface area contributed by atoms with E-state index in [1.807, 2.05) is 12.1 Å². The van der Waals surface area contributed by atoms with E-state index >= 15 is 0 Å². The molecule has 0 amide bonds. The minimum absolute atomic E-state index is 0.395. The molecule has 2 rings (SSSR count). The van der Waals surface area contributed by atoms with Crippen molar-refractivity contribution in [2.75, 3.05) is 0 Å². The summed E-state index contributed by atoms with van der Waals surface area (Å²) in [6.07, 6.45) is 8.45. The SMILES string of the molecule is NCc1cc(OC2CCCCC2)ccn1. The van der Waals surface area contributed by atoms with Gasteiger partial charge in [-0.15, -0.1) is 0 Å². The van der Waals surface area contributed by atoms with Crippen molar-refractivity contribution in [3.8, 4) is 5.75 Å². The van der Waals surface area contributed by atoms with Gasteiger partial charge in [0.15, 0.2) is 0 Å². The maximum Gasteiger partial charge on any atom is 0.123 e. The lowest BCUT2D eigenvalue weighted by molar-refractivity contribution is 0.154. The monoisotopic (exact) mass is 206 g/mol. The maximum absolute atomic E-state index is 5.90. The molecule has 15 heavy (non-hydrogen) atoms. The zero-order chi connectivity index (χ0) is 10.5. The summed E-state index contributed by atoms with van der Waals surface area (Å²) in [6, 6.07) is 3.85. The van der Waals surface area contributed by atoms with Gasteiger partial charge in [-0.3, -0.25) is 4.98 Å². The van der Waals surface area contributed by atoms with E-state index in [9.17, 15) is 0 Å². The number of pyridine rings is 1. The number of nitrogens with two attached hydrogens (primary N) is 1. The Morgan fingerprint density at radius 1 is 1.33 bits per heavy atom. The molecule has 1 aliphatic rings. The topological polar surface area (TPSA) is 48.1 Å². The summed E-state index contributed by atoms with van der Waals surface area (Å²) in [5, 5.41) is 0. The lowest BCUT2D eigenvalue weighted by Crippen LogP contribution is -2.19. The molecule has 0 unspecified atom stereocenters. The lowest BCUT2D eigenvalue weighted by atomic mass is 9.98. The highest BCUT2D eigenvalue weighted by atomic mass is 16.5. The fourth-order valence-electron chi connectivity index (χ4n) is 2.02. The second-order valence-corrected chi connectivity index (χ2v) is 4.06. The molecule has 0 aliphatic heterocycles. The largest absolute Gasteiger partial charge is 0.490 e. The van der Waals surface area contributed by atoms with Gasteiger partial charge in [0.05, 0.1) is 11.8 Å². The molecule has 2 N–H and O–H groups in total. The van der Waals surface area contributed by atoms with Crippen LogP contribution in [-0.4, -0.2) is 11.1 Å². The second kappa shape index (κ2) is 5.12. The summed E-state index contributed by atoms with van der Waals surface area (Å²) in [5.74, 6) is 0.914. The highest BCUT2D eigenvalue weighted by molar-refractivity contribution is 5.22. The van der Waals surface area contributed by atoms with Gasteiger partial charge in [-0.05, 0) is 31.7 Å². The van der Waals surface area contributed by atoms with Crippen LogP contribution in [-0.2, 0) is 6.54 Å². The number of ether oxygens (including phenoxy) is 1. The first-order valence-electron chi connectivity index (χ1n) is 5.70. The lowest BCUT2D eigenvalue weighted by Gasteiger charge is -2.23. The van der Waals surface area contributed by atoms with Gasteiger partial charge in [-0.2, -0.15) is 0 Å². The molecule has 0 aromatic carbocycles. The molecule has 82 valence electrons. The van der Waals surface area contributed by atoms with Gasteiger partial charge >= 0.3 is 0 Å². The van der Waals surface area contributed by atoms with Crippen LogP contribution in [0.25, 0.3) is 0 Å². The Morgan fingerprint density at radius 2 is 2.13 bits per heavy atom. The molecule has 1 heterocycles. The summed E-state index contributed by atoms with van der Waals surface area (Å²) in [6.45, 7) is 0.474. The van der Waals surface area contributed by atoms with Crippen molar-refractivity contribution in [1.82, 2.24) is 4.98 Å². The first-order chi connectivity index (χ1) is 7.38. The molecule has 3 heteroatoms. The smallest absolute Gasteiger partial charge is 0.123 e. The predicted molar refractivity (Wildman–Crippen MR) is 59.6 cm³/mol. The Balaban J connectivity index is 1.96. The van der Waals surface area contributed by atoms with Crippen molar-refractivity contribution in [2.45, 2.75) is 44.8 Å². The van der Waals surface area contributed by atoms with E-state index < -0.39 is 0 Å². The van der Waals surface area contributed by atoms with Crippen LogP contribution in [0, 0.1) is 0 Å². The minimum Gasteiger partial charge on any atom is -0.490 e. The Morgan fingerprint density at radius 3 is 2.87 bits per heavy atom. The third-order valence-electron chi connectivity index (χ3n) is 2.85. The molecule has 0 radical (unpaired) electrons. The van der Waals surface area contributed by atoms with Crippen molar-refractivity contribution < 1.29 is 4.74 Å². The first kappa shape index (κ1) is 10.4. The van der Waals surface area contributed by atoms with E-state index in [-0.39, 0.29) is 0 Å². The van der Waals surface area contributed by atoms with Crippen LogP contribution < -0.4 is 10.5 Å². The van der Waals surface area contributed by atoms with E-state index in [2.05, 4.69) is 4.98 Å². The molecule has 1 aromatic rings. The van der Waals surface area contributed by atoms with Gasteiger partial charge in [0, 0.05) is 18.8 Å². The van der Waals surface area contributed by atoms with Crippen LogP contribution in [0.4, 0.5) is 0 Å². The number of aromatic nitrogens is 1. The quantitative estimate of drug-likeness (QED) is 0.825. The van der Waals surface area contributed by atoms with E-state index in [1.165, 1.54) is 32.1 Å². The average molecular weight is 206 g/mol. The predicted octanol–water partition coefficient (Wildman–Crippen LogP) is 2.25. The molecular formula is C12H18N2O. The third-order valence-corrected chi connectivity index (χ3v) is 2.85. The van der Waals surface area contributed by atoms with Gasteiger partial charge in [-0.1, -0.05) is 6.42 Å². The zero-order valence-corrected chi connectivity index (χ0v) is 8.98. The van der Waals surface area contributed by atoms with Gasteiger partial charge < -0.3 is 10.5 Å². The maximum atomic E-state index is 5.90. The number of hydrogen-bond acceptors (Lipinski definition) is 3. The van der Waals surface area contributed by atoms with Crippen molar-refractivity contribution in [1.29, 1.82) is 0 Å². The number of rotatable bonds is 3. The fraction of sp³-hybridized carbons (Fsp3) is 0.583. The molecule has 1 fully saturated rings. The van der Waals surface area contributed by atoms with Gasteiger partial charge in [0.2, 0.25) is 0 Å². The standard InChI is InChI=1S/C12H18N2O/c13-9-10-8-12(6-7-14-10)15-11-4-2-1-3-5-11/h6-8,11H,1-5,9,13H2. The third kappa shape index (κ3) is 2.93. The molecule has 0 saturated heterocycles. The van der Waals surface area contributed by atoms with Crippen LogP contribution >= 0.6 is 0 Å². The molecule has 3 nitrogen and oxygen atoms in total. The summed E-state index contributed by atoms with van der Waals surface area (Å²) in [7, 11) is 0. The average Bonchev–Trinajstić information content (AvgIpc) is 2.31. The van der Waals surface area contributed by atoms with Crippen molar-refractivity contribution in [2.24, 2.45) is 5.73 Å². The Labute approximate surface area is 90.7 Å². The van der Waals surface area contributed by atoms with Crippen molar-refractivity contribution in [3.63, 3.8) is 0 Å². The fourth-order valence-corrected chi connectivity index (χ4v) is 2.02. The Bertz CT molecular complexity index is 308. The molecule has 1 aromatic heterocycles. The van der Waals surface area contributed by atoms with Crippen LogP contribution in [0.2, 0.25) is 0 Å². The molecule has 0 atom stereocenters.